The maximum Gasteiger partial charge on any atom is 0.335 e. The molecule has 5 nitrogen and oxygen atoms in total. The highest BCUT2D eigenvalue weighted by molar-refractivity contribution is 5.87. The maximum atomic E-state index is 10.2. The number of rotatable bonds is 2. The molecule has 0 aliphatic rings. The van der Waals surface area contributed by atoms with E-state index in [1.54, 1.807) is 30.3 Å². The first-order valence-electron chi connectivity index (χ1n) is 5.31. The Labute approximate surface area is 109 Å². The Hall–Kier alpha value is -2.82. The normalized spacial score (nSPS) is 9.05. The van der Waals surface area contributed by atoms with E-state index in [2.05, 4.69) is 0 Å². The smallest absolute Gasteiger partial charge is 0.335 e. The van der Waals surface area contributed by atoms with Gasteiger partial charge < -0.3 is 15.3 Å². The summed E-state index contributed by atoms with van der Waals surface area (Å²) in [4.78, 5) is 20.4. The number of carboxylic acid groups (broad SMARTS) is 2. The van der Waals surface area contributed by atoms with Crippen molar-refractivity contribution in [1.29, 1.82) is 0 Å². The summed E-state index contributed by atoms with van der Waals surface area (Å²) >= 11 is 0. The van der Waals surface area contributed by atoms with E-state index in [-0.39, 0.29) is 11.3 Å². The zero-order valence-corrected chi connectivity index (χ0v) is 9.85. The van der Waals surface area contributed by atoms with Crippen LogP contribution < -0.4 is 0 Å². The van der Waals surface area contributed by atoms with Crippen molar-refractivity contribution >= 4 is 11.9 Å². The standard InChI is InChI=1S/C7H6O3.C7H6O2/c8-6-3-1-5(2-4-6)7(9)10;8-7(9)6-4-2-1-3-5-6/h1-4,8H,(H,9,10);1-5H,(H,8,9). The van der Waals surface area contributed by atoms with E-state index in [9.17, 15) is 9.59 Å². The van der Waals surface area contributed by atoms with Gasteiger partial charge >= 0.3 is 11.9 Å². The highest BCUT2D eigenvalue weighted by Crippen LogP contribution is 2.08. The highest BCUT2D eigenvalue weighted by atomic mass is 16.4. The summed E-state index contributed by atoms with van der Waals surface area (Å²) in [5, 5.41) is 25.5. The minimum Gasteiger partial charge on any atom is -0.508 e. The van der Waals surface area contributed by atoms with Crippen LogP contribution in [0.25, 0.3) is 0 Å². The van der Waals surface area contributed by atoms with Crippen molar-refractivity contribution in [1.82, 2.24) is 0 Å². The first kappa shape index (κ1) is 14.2. The van der Waals surface area contributed by atoms with E-state index in [4.69, 9.17) is 15.3 Å². The Morgan fingerprint density at radius 1 is 0.684 bits per heavy atom. The Morgan fingerprint density at radius 2 is 1.11 bits per heavy atom. The fourth-order valence-corrected chi connectivity index (χ4v) is 1.18. The van der Waals surface area contributed by atoms with E-state index in [0.29, 0.717) is 5.56 Å². The van der Waals surface area contributed by atoms with Gasteiger partial charge in [-0.15, -0.1) is 0 Å². The van der Waals surface area contributed by atoms with Crippen LogP contribution in [0, 0.1) is 0 Å². The van der Waals surface area contributed by atoms with Gasteiger partial charge in [0.1, 0.15) is 5.75 Å². The number of phenols is 1. The molecule has 5 heteroatoms. The van der Waals surface area contributed by atoms with Gasteiger partial charge in [-0.3, -0.25) is 0 Å². The quantitative estimate of drug-likeness (QED) is 0.771. The predicted molar refractivity (Wildman–Crippen MR) is 68.5 cm³/mol. The molecule has 0 saturated heterocycles. The van der Waals surface area contributed by atoms with Gasteiger partial charge in [0.05, 0.1) is 11.1 Å². The largest absolute Gasteiger partial charge is 0.508 e. The van der Waals surface area contributed by atoms with Gasteiger partial charge in [0.2, 0.25) is 0 Å². The number of aromatic carboxylic acids is 2. The molecule has 0 fully saturated rings. The molecule has 0 atom stereocenters. The molecule has 0 saturated carbocycles. The molecule has 0 aliphatic heterocycles. The summed E-state index contributed by atoms with van der Waals surface area (Å²) in [6.07, 6.45) is 0. The number of benzene rings is 2. The average Bonchev–Trinajstić information content (AvgIpc) is 2.41. The number of hydrogen-bond donors (Lipinski definition) is 3. The zero-order valence-electron chi connectivity index (χ0n) is 9.85. The summed E-state index contributed by atoms with van der Waals surface area (Å²) in [6.45, 7) is 0. The third kappa shape index (κ3) is 4.91. The lowest BCUT2D eigenvalue weighted by molar-refractivity contribution is 0.0686. The van der Waals surface area contributed by atoms with Gasteiger partial charge in [-0.1, -0.05) is 18.2 Å². The summed E-state index contributed by atoms with van der Waals surface area (Å²) in [7, 11) is 0. The second kappa shape index (κ2) is 6.80. The fourth-order valence-electron chi connectivity index (χ4n) is 1.18. The molecule has 2 aromatic carbocycles. The molecule has 2 rings (SSSR count). The van der Waals surface area contributed by atoms with E-state index in [1.165, 1.54) is 24.3 Å². The van der Waals surface area contributed by atoms with Crippen LogP contribution in [0.3, 0.4) is 0 Å². The lowest BCUT2D eigenvalue weighted by Crippen LogP contribution is -1.93. The zero-order chi connectivity index (χ0) is 14.3. The minimum absolute atomic E-state index is 0.0741. The topological polar surface area (TPSA) is 94.8 Å². The van der Waals surface area contributed by atoms with Crippen molar-refractivity contribution in [2.45, 2.75) is 0 Å². The van der Waals surface area contributed by atoms with Crippen LogP contribution >= 0.6 is 0 Å². The van der Waals surface area contributed by atoms with Gasteiger partial charge in [0, 0.05) is 0 Å². The second-order valence-electron chi connectivity index (χ2n) is 3.52. The molecule has 0 aromatic heterocycles. The lowest BCUT2D eigenvalue weighted by atomic mass is 10.2. The van der Waals surface area contributed by atoms with E-state index in [0.717, 1.165) is 0 Å². The van der Waals surface area contributed by atoms with Gasteiger partial charge in [-0.25, -0.2) is 9.59 Å². The minimum atomic E-state index is -0.986. The molecule has 0 radical (unpaired) electrons. The van der Waals surface area contributed by atoms with E-state index < -0.39 is 11.9 Å². The number of aromatic hydroxyl groups is 1. The number of carboxylic acids is 2. The molecular formula is C14H12O5. The third-order valence-electron chi connectivity index (χ3n) is 2.13. The second-order valence-corrected chi connectivity index (χ2v) is 3.52. The molecule has 19 heavy (non-hydrogen) atoms. The van der Waals surface area contributed by atoms with Crippen molar-refractivity contribution in [3.63, 3.8) is 0 Å². The molecular weight excluding hydrogens is 248 g/mol. The predicted octanol–water partition coefficient (Wildman–Crippen LogP) is 2.48. The number of carbonyl (C=O) groups is 2. The average molecular weight is 260 g/mol. The van der Waals surface area contributed by atoms with Crippen LogP contribution in [0.5, 0.6) is 5.75 Å². The van der Waals surface area contributed by atoms with Crippen molar-refractivity contribution in [3.8, 4) is 5.75 Å². The first-order valence-corrected chi connectivity index (χ1v) is 5.31. The summed E-state index contributed by atoms with van der Waals surface area (Å²) < 4.78 is 0. The SMILES string of the molecule is O=C(O)c1ccc(O)cc1.O=C(O)c1ccccc1. The first-order chi connectivity index (χ1) is 9.00. The molecule has 0 amide bonds. The van der Waals surface area contributed by atoms with Crippen molar-refractivity contribution in [2.24, 2.45) is 0 Å². The van der Waals surface area contributed by atoms with Crippen molar-refractivity contribution < 1.29 is 24.9 Å². The highest BCUT2D eigenvalue weighted by Gasteiger charge is 1.99. The Kier molecular flexibility index (Phi) is 5.10. The van der Waals surface area contributed by atoms with Crippen LogP contribution in [0.15, 0.2) is 54.6 Å². The monoisotopic (exact) mass is 260 g/mol. The fraction of sp³-hybridized carbons (Fsp3) is 0. The molecule has 2 aromatic rings. The Morgan fingerprint density at radius 3 is 1.47 bits per heavy atom. The Bertz CT molecular complexity index is 546. The van der Waals surface area contributed by atoms with Crippen molar-refractivity contribution in [2.75, 3.05) is 0 Å². The van der Waals surface area contributed by atoms with Crippen molar-refractivity contribution in [3.05, 3.63) is 65.7 Å². The summed E-state index contributed by atoms with van der Waals surface area (Å²) in [6, 6.07) is 13.7. The van der Waals surface area contributed by atoms with Crippen LogP contribution in [0.4, 0.5) is 0 Å². The summed E-state index contributed by atoms with van der Waals surface area (Å²) in [5.41, 5.74) is 0.510. The molecule has 0 aliphatic carbocycles. The van der Waals surface area contributed by atoms with Crippen LogP contribution in [-0.2, 0) is 0 Å². The maximum absolute atomic E-state index is 10.2. The van der Waals surface area contributed by atoms with E-state index in [1.807, 2.05) is 0 Å². The third-order valence-corrected chi connectivity index (χ3v) is 2.13. The number of phenolic OH excluding ortho intramolecular Hbond substituents is 1. The summed E-state index contributed by atoms with van der Waals surface area (Å²) in [5.74, 6) is -1.79. The van der Waals surface area contributed by atoms with Crippen LogP contribution in [0.2, 0.25) is 0 Å². The van der Waals surface area contributed by atoms with Crippen LogP contribution in [0.1, 0.15) is 20.7 Å². The lowest BCUT2D eigenvalue weighted by Gasteiger charge is -1.92. The molecule has 0 unspecified atom stereocenters. The molecule has 0 spiro atoms. The molecule has 0 bridgehead atoms. The molecule has 98 valence electrons. The Balaban J connectivity index is 0.000000191. The van der Waals surface area contributed by atoms with Gasteiger partial charge in [0.15, 0.2) is 0 Å². The molecule has 3 N–H and O–H groups in total. The number of hydrogen-bond acceptors (Lipinski definition) is 3. The van der Waals surface area contributed by atoms with Crippen LogP contribution in [-0.4, -0.2) is 27.3 Å². The molecule has 0 heterocycles. The van der Waals surface area contributed by atoms with Gasteiger partial charge in [0.25, 0.3) is 0 Å². The van der Waals surface area contributed by atoms with E-state index >= 15 is 0 Å². The van der Waals surface area contributed by atoms with Gasteiger partial charge in [-0.2, -0.15) is 0 Å². The van der Waals surface area contributed by atoms with Gasteiger partial charge in [-0.05, 0) is 36.4 Å².